The van der Waals surface area contributed by atoms with Gasteiger partial charge in [0.1, 0.15) is 0 Å². The average molecular weight is 387 g/mol. The summed E-state index contributed by atoms with van der Waals surface area (Å²) in [5.41, 5.74) is 2.92. The Balaban J connectivity index is 0.00000261. The first-order valence-electron chi connectivity index (χ1n) is 10.2. The topological polar surface area (TPSA) is 15.3 Å². The van der Waals surface area contributed by atoms with Crippen LogP contribution in [0.3, 0.4) is 0 Å². The van der Waals surface area contributed by atoms with E-state index in [1.54, 1.807) is 0 Å². The van der Waals surface area contributed by atoms with E-state index >= 15 is 0 Å². The molecule has 3 rings (SSSR count). The lowest BCUT2D eigenvalue weighted by Crippen LogP contribution is -2.37. The number of hydrogen-bond acceptors (Lipinski definition) is 2. The standard InChI is InChI=1S/C24H34N2.ClH/c1-26(2)24(21-13-7-4-8-14-21)22-15-17-23(18-16-22)25-19-9-12-20-10-5-3-6-11-20;/h3-8,10-11,13-14,22-25H,9,12,15-19H2,1-2H3;1H. The summed E-state index contributed by atoms with van der Waals surface area (Å²) in [6, 6.07) is 23.1. The third-order valence-corrected chi connectivity index (χ3v) is 5.83. The summed E-state index contributed by atoms with van der Waals surface area (Å²) in [7, 11) is 4.46. The molecule has 1 atom stereocenters. The average Bonchev–Trinajstić information content (AvgIpc) is 2.68. The van der Waals surface area contributed by atoms with E-state index in [9.17, 15) is 0 Å². The normalized spacial score (nSPS) is 20.9. The SMILES string of the molecule is CN(C)C(c1ccccc1)C1CCC(NCCCc2ccccc2)CC1.Cl. The van der Waals surface area contributed by atoms with E-state index in [0.29, 0.717) is 12.1 Å². The third kappa shape index (κ3) is 6.64. The summed E-state index contributed by atoms with van der Waals surface area (Å²) in [6.07, 6.45) is 7.69. The first-order chi connectivity index (χ1) is 12.7. The number of nitrogens with zero attached hydrogens (tertiary/aromatic N) is 1. The van der Waals surface area contributed by atoms with Crippen LogP contribution in [0.25, 0.3) is 0 Å². The monoisotopic (exact) mass is 386 g/mol. The molecule has 0 aromatic heterocycles. The number of halogens is 1. The maximum atomic E-state index is 3.81. The second kappa shape index (κ2) is 11.5. The highest BCUT2D eigenvalue weighted by Gasteiger charge is 2.29. The van der Waals surface area contributed by atoms with Crippen molar-refractivity contribution in [3.05, 3.63) is 71.8 Å². The number of hydrogen-bond donors (Lipinski definition) is 1. The zero-order chi connectivity index (χ0) is 18.2. The van der Waals surface area contributed by atoms with E-state index in [1.165, 1.54) is 49.7 Å². The van der Waals surface area contributed by atoms with Crippen molar-refractivity contribution in [3.63, 3.8) is 0 Å². The van der Waals surface area contributed by atoms with Gasteiger partial charge >= 0.3 is 0 Å². The minimum atomic E-state index is 0. The molecule has 1 aliphatic rings. The van der Waals surface area contributed by atoms with Crippen LogP contribution in [0.5, 0.6) is 0 Å². The highest BCUT2D eigenvalue weighted by atomic mass is 35.5. The molecule has 0 heterocycles. The van der Waals surface area contributed by atoms with Gasteiger partial charge in [-0.3, -0.25) is 0 Å². The van der Waals surface area contributed by atoms with Crippen LogP contribution in [0.4, 0.5) is 0 Å². The van der Waals surface area contributed by atoms with Crippen molar-refractivity contribution in [3.8, 4) is 0 Å². The van der Waals surface area contributed by atoms with Gasteiger partial charge in [0.15, 0.2) is 0 Å². The predicted molar refractivity (Wildman–Crippen MR) is 119 cm³/mol. The smallest absolute Gasteiger partial charge is 0.0370 e. The minimum absolute atomic E-state index is 0. The lowest BCUT2D eigenvalue weighted by Gasteiger charge is -2.38. The Kier molecular flexibility index (Phi) is 9.33. The molecule has 0 amide bonds. The quantitative estimate of drug-likeness (QED) is 0.603. The van der Waals surface area contributed by atoms with Crippen molar-refractivity contribution in [1.82, 2.24) is 10.2 Å². The molecule has 27 heavy (non-hydrogen) atoms. The maximum absolute atomic E-state index is 3.81. The second-order valence-electron chi connectivity index (χ2n) is 7.97. The number of benzene rings is 2. The van der Waals surface area contributed by atoms with Gasteiger partial charge in [-0.25, -0.2) is 0 Å². The van der Waals surface area contributed by atoms with Gasteiger partial charge in [-0.05, 0) is 76.2 Å². The molecule has 1 fully saturated rings. The van der Waals surface area contributed by atoms with E-state index in [1.807, 2.05) is 0 Å². The van der Waals surface area contributed by atoms with Gasteiger partial charge in [0.05, 0.1) is 0 Å². The van der Waals surface area contributed by atoms with Crippen LogP contribution in [-0.4, -0.2) is 31.6 Å². The van der Waals surface area contributed by atoms with Crippen LogP contribution in [0.1, 0.15) is 49.3 Å². The Bertz CT molecular complexity index is 621. The second-order valence-corrected chi connectivity index (χ2v) is 7.97. The number of aryl methyl sites for hydroxylation is 1. The molecule has 0 bridgehead atoms. The molecular weight excluding hydrogens is 352 g/mol. The zero-order valence-corrected chi connectivity index (χ0v) is 17.6. The number of rotatable bonds is 8. The van der Waals surface area contributed by atoms with Crippen molar-refractivity contribution in [2.45, 2.75) is 50.6 Å². The summed E-state index contributed by atoms with van der Waals surface area (Å²) in [4.78, 5) is 2.41. The van der Waals surface area contributed by atoms with Gasteiger partial charge in [0.2, 0.25) is 0 Å². The molecule has 1 saturated carbocycles. The van der Waals surface area contributed by atoms with Crippen molar-refractivity contribution in [1.29, 1.82) is 0 Å². The van der Waals surface area contributed by atoms with Gasteiger partial charge in [-0.15, -0.1) is 12.4 Å². The molecule has 148 valence electrons. The van der Waals surface area contributed by atoms with Crippen molar-refractivity contribution >= 4 is 12.4 Å². The zero-order valence-electron chi connectivity index (χ0n) is 16.8. The third-order valence-electron chi connectivity index (χ3n) is 5.83. The highest BCUT2D eigenvalue weighted by Crippen LogP contribution is 2.37. The fourth-order valence-electron chi connectivity index (χ4n) is 4.52. The Morgan fingerprint density at radius 1 is 0.889 bits per heavy atom. The molecule has 3 heteroatoms. The Morgan fingerprint density at radius 3 is 2.07 bits per heavy atom. The first kappa shape index (κ1) is 21.9. The Labute approximate surface area is 171 Å². The van der Waals surface area contributed by atoms with Crippen LogP contribution in [0.2, 0.25) is 0 Å². The van der Waals surface area contributed by atoms with Gasteiger partial charge in [-0.2, -0.15) is 0 Å². The number of nitrogens with one attached hydrogen (secondary N) is 1. The molecule has 1 aliphatic carbocycles. The summed E-state index contributed by atoms with van der Waals surface area (Å²) >= 11 is 0. The van der Waals surface area contributed by atoms with Gasteiger partial charge < -0.3 is 10.2 Å². The van der Waals surface area contributed by atoms with E-state index in [2.05, 4.69) is 85.0 Å². The molecule has 0 radical (unpaired) electrons. The molecule has 2 aromatic carbocycles. The molecule has 2 aromatic rings. The van der Waals surface area contributed by atoms with Gasteiger partial charge in [-0.1, -0.05) is 60.7 Å². The van der Waals surface area contributed by atoms with E-state index in [4.69, 9.17) is 0 Å². The van der Waals surface area contributed by atoms with E-state index < -0.39 is 0 Å². The molecular formula is C24H35ClN2. The molecule has 1 N–H and O–H groups in total. The lowest BCUT2D eigenvalue weighted by atomic mass is 9.78. The summed E-state index contributed by atoms with van der Waals surface area (Å²) in [6.45, 7) is 1.14. The molecule has 2 nitrogen and oxygen atoms in total. The largest absolute Gasteiger partial charge is 0.314 e. The maximum Gasteiger partial charge on any atom is 0.0370 e. The Morgan fingerprint density at radius 2 is 1.48 bits per heavy atom. The van der Waals surface area contributed by atoms with Gasteiger partial charge in [0, 0.05) is 12.1 Å². The molecule has 1 unspecified atom stereocenters. The van der Waals surface area contributed by atoms with Crippen LogP contribution in [0, 0.1) is 5.92 Å². The summed E-state index contributed by atoms with van der Waals surface area (Å²) in [5.74, 6) is 0.773. The molecule has 0 spiro atoms. The Hall–Kier alpha value is -1.35. The molecule has 0 aliphatic heterocycles. The van der Waals surface area contributed by atoms with Crippen LogP contribution < -0.4 is 5.32 Å². The van der Waals surface area contributed by atoms with Gasteiger partial charge in [0.25, 0.3) is 0 Å². The fourth-order valence-corrected chi connectivity index (χ4v) is 4.52. The summed E-state index contributed by atoms with van der Waals surface area (Å²) < 4.78 is 0. The van der Waals surface area contributed by atoms with Crippen LogP contribution in [0.15, 0.2) is 60.7 Å². The predicted octanol–water partition coefficient (Wildman–Crippen LogP) is 5.49. The lowest BCUT2D eigenvalue weighted by molar-refractivity contribution is 0.157. The molecule has 0 saturated heterocycles. The van der Waals surface area contributed by atoms with E-state index in [0.717, 1.165) is 12.5 Å². The van der Waals surface area contributed by atoms with Crippen molar-refractivity contribution < 1.29 is 0 Å². The minimum Gasteiger partial charge on any atom is -0.314 e. The highest BCUT2D eigenvalue weighted by molar-refractivity contribution is 5.85. The van der Waals surface area contributed by atoms with Crippen molar-refractivity contribution in [2.24, 2.45) is 5.92 Å². The fraction of sp³-hybridized carbons (Fsp3) is 0.500. The van der Waals surface area contributed by atoms with Crippen molar-refractivity contribution in [2.75, 3.05) is 20.6 Å². The van der Waals surface area contributed by atoms with E-state index in [-0.39, 0.29) is 12.4 Å². The van der Waals surface area contributed by atoms with Crippen LogP contribution in [-0.2, 0) is 6.42 Å². The summed E-state index contributed by atoms with van der Waals surface area (Å²) in [5, 5.41) is 3.81. The van der Waals surface area contributed by atoms with Crippen LogP contribution >= 0.6 is 12.4 Å². The first-order valence-corrected chi connectivity index (χ1v) is 10.2.